The minimum absolute atomic E-state index is 0.0878. The van der Waals surface area contributed by atoms with Crippen molar-refractivity contribution >= 4 is 34.1 Å². The van der Waals surface area contributed by atoms with Gasteiger partial charge in [-0.3, -0.25) is 4.79 Å². The average Bonchev–Trinajstić information content (AvgIpc) is 3.18. The summed E-state index contributed by atoms with van der Waals surface area (Å²) >= 11 is 1.35. The van der Waals surface area contributed by atoms with Crippen molar-refractivity contribution in [1.29, 1.82) is 0 Å². The Hall–Kier alpha value is -3.32. The number of thioether (sulfide) groups is 1. The molecule has 0 unspecified atom stereocenters. The van der Waals surface area contributed by atoms with Crippen LogP contribution in [0.25, 0.3) is 10.8 Å². The van der Waals surface area contributed by atoms with E-state index in [1.807, 2.05) is 73.1 Å². The minimum Gasteiger partial charge on any atom is -0.483 e. The van der Waals surface area contributed by atoms with E-state index in [4.69, 9.17) is 4.74 Å². The highest BCUT2D eigenvalue weighted by Crippen LogP contribution is 2.24. The molecular weight excluding hydrogens is 420 g/mol. The van der Waals surface area contributed by atoms with E-state index in [1.54, 1.807) is 0 Å². The summed E-state index contributed by atoms with van der Waals surface area (Å²) in [5.74, 6) is 1.66. The number of aromatic nitrogens is 3. The molecule has 0 saturated carbocycles. The molecule has 164 valence electrons. The lowest BCUT2D eigenvalue weighted by molar-refractivity contribution is -0.113. The predicted octanol–water partition coefficient (Wildman–Crippen LogP) is 5.40. The lowest BCUT2D eigenvalue weighted by atomic mass is 10.1. The highest BCUT2D eigenvalue weighted by Gasteiger charge is 2.18. The number of nitrogens with zero attached hydrogens (tertiary/aromatic N) is 3. The normalized spacial score (nSPS) is 12.0. The largest absolute Gasteiger partial charge is 0.483 e. The highest BCUT2D eigenvalue weighted by atomic mass is 32.2. The molecule has 0 aliphatic rings. The van der Waals surface area contributed by atoms with Crippen LogP contribution in [0.15, 0.2) is 71.9 Å². The van der Waals surface area contributed by atoms with Gasteiger partial charge >= 0.3 is 0 Å². The maximum Gasteiger partial charge on any atom is 0.234 e. The molecule has 7 heteroatoms. The second-order valence-corrected chi connectivity index (χ2v) is 8.50. The van der Waals surface area contributed by atoms with Crippen LogP contribution in [0, 0.1) is 0 Å². The van der Waals surface area contributed by atoms with Gasteiger partial charge in [-0.1, -0.05) is 61.2 Å². The van der Waals surface area contributed by atoms with Gasteiger partial charge in [0.25, 0.3) is 0 Å². The smallest absolute Gasteiger partial charge is 0.234 e. The van der Waals surface area contributed by atoms with Crippen LogP contribution in [0.5, 0.6) is 5.75 Å². The maximum atomic E-state index is 12.5. The fraction of sp³-hybridized carbons (Fsp3) is 0.240. The molecule has 1 atom stereocenters. The molecule has 1 amide bonds. The van der Waals surface area contributed by atoms with Gasteiger partial charge in [-0.05, 0) is 53.9 Å². The number of carbonyl (C=O) groups excluding carboxylic acids is 1. The molecule has 0 aliphatic heterocycles. The van der Waals surface area contributed by atoms with Crippen molar-refractivity contribution in [2.45, 2.75) is 31.5 Å². The van der Waals surface area contributed by atoms with E-state index in [9.17, 15) is 4.79 Å². The molecule has 4 rings (SSSR count). The van der Waals surface area contributed by atoms with Crippen LogP contribution >= 0.6 is 11.8 Å². The number of fused-ring (bicyclic) bond motifs is 1. The quantitative estimate of drug-likeness (QED) is 0.367. The summed E-state index contributed by atoms with van der Waals surface area (Å²) in [7, 11) is 1.89. The van der Waals surface area contributed by atoms with Crippen LogP contribution in [0.2, 0.25) is 0 Å². The molecule has 0 fully saturated rings. The van der Waals surface area contributed by atoms with E-state index in [1.165, 1.54) is 17.3 Å². The first-order valence-corrected chi connectivity index (χ1v) is 11.6. The topological polar surface area (TPSA) is 69.0 Å². The van der Waals surface area contributed by atoms with Crippen LogP contribution < -0.4 is 10.1 Å². The van der Waals surface area contributed by atoms with Gasteiger partial charge in [0.15, 0.2) is 17.1 Å². The number of hydrogen-bond donors (Lipinski definition) is 1. The van der Waals surface area contributed by atoms with Crippen molar-refractivity contribution in [2.24, 2.45) is 7.05 Å². The Morgan fingerprint density at radius 2 is 1.81 bits per heavy atom. The first-order valence-electron chi connectivity index (χ1n) is 10.6. The number of benzene rings is 3. The Morgan fingerprint density at radius 1 is 1.06 bits per heavy atom. The van der Waals surface area contributed by atoms with Crippen molar-refractivity contribution in [2.75, 3.05) is 11.1 Å². The van der Waals surface area contributed by atoms with Crippen molar-refractivity contribution in [3.05, 3.63) is 78.1 Å². The zero-order chi connectivity index (χ0) is 22.5. The lowest BCUT2D eigenvalue weighted by Crippen LogP contribution is -2.14. The summed E-state index contributed by atoms with van der Waals surface area (Å²) in [5.41, 5.74) is 2.05. The Bertz CT molecular complexity index is 1220. The SMILES string of the molecule is CCc1ccc(O[C@H](C)c2nnc(SCC(=O)Nc3ccc4ccccc4c3)n2C)cc1. The average molecular weight is 447 g/mol. The van der Waals surface area contributed by atoms with Gasteiger partial charge in [-0.2, -0.15) is 0 Å². The molecule has 1 heterocycles. The number of amides is 1. The number of anilines is 1. The van der Waals surface area contributed by atoms with Crippen LogP contribution in [-0.4, -0.2) is 26.4 Å². The number of hydrogen-bond acceptors (Lipinski definition) is 5. The molecule has 0 saturated heterocycles. The Morgan fingerprint density at radius 3 is 2.56 bits per heavy atom. The third-order valence-corrected chi connectivity index (χ3v) is 6.26. The van der Waals surface area contributed by atoms with Crippen LogP contribution in [-0.2, 0) is 18.3 Å². The van der Waals surface area contributed by atoms with Crippen molar-refractivity contribution in [3.63, 3.8) is 0 Å². The van der Waals surface area contributed by atoms with Crippen LogP contribution in [0.3, 0.4) is 0 Å². The molecule has 3 aromatic carbocycles. The Balaban J connectivity index is 1.34. The van der Waals surface area contributed by atoms with Crippen LogP contribution in [0.1, 0.15) is 31.3 Å². The first-order chi connectivity index (χ1) is 15.5. The molecule has 0 radical (unpaired) electrons. The maximum absolute atomic E-state index is 12.5. The first kappa shape index (κ1) is 21.9. The second-order valence-electron chi connectivity index (χ2n) is 7.56. The summed E-state index contributed by atoms with van der Waals surface area (Å²) in [5, 5.41) is 14.4. The van der Waals surface area contributed by atoms with Gasteiger partial charge in [0.05, 0.1) is 5.75 Å². The number of nitrogens with one attached hydrogen (secondary N) is 1. The molecule has 0 spiro atoms. The standard InChI is InChI=1S/C25H26N4O2S/c1-4-18-9-13-22(14-10-18)31-17(2)24-27-28-25(29(24)3)32-16-23(30)26-21-12-11-19-7-5-6-8-20(19)15-21/h5-15,17H,4,16H2,1-3H3,(H,26,30)/t17-/m1/s1. The summed E-state index contributed by atoms with van der Waals surface area (Å²) in [6.07, 6.45) is 0.731. The molecule has 1 N–H and O–H groups in total. The summed E-state index contributed by atoms with van der Waals surface area (Å²) < 4.78 is 7.90. The predicted molar refractivity (Wildman–Crippen MR) is 129 cm³/mol. The molecule has 32 heavy (non-hydrogen) atoms. The molecule has 0 bridgehead atoms. The molecular formula is C25H26N4O2S. The van der Waals surface area contributed by atoms with Crippen LogP contribution in [0.4, 0.5) is 5.69 Å². The molecule has 6 nitrogen and oxygen atoms in total. The fourth-order valence-corrected chi connectivity index (χ4v) is 4.18. The zero-order valence-electron chi connectivity index (χ0n) is 18.4. The van der Waals surface area contributed by atoms with Crippen molar-refractivity contribution in [3.8, 4) is 5.75 Å². The molecule has 1 aromatic heterocycles. The summed E-state index contributed by atoms with van der Waals surface area (Å²) in [4.78, 5) is 12.5. The van der Waals surface area contributed by atoms with E-state index in [0.717, 1.165) is 28.6 Å². The van der Waals surface area contributed by atoms with Gasteiger partial charge in [0.1, 0.15) is 5.75 Å². The summed E-state index contributed by atoms with van der Waals surface area (Å²) in [6.45, 7) is 4.07. The zero-order valence-corrected chi connectivity index (χ0v) is 19.2. The number of carbonyl (C=O) groups is 1. The second kappa shape index (κ2) is 9.87. The lowest BCUT2D eigenvalue weighted by Gasteiger charge is -2.14. The third kappa shape index (κ3) is 5.11. The number of aryl methyl sites for hydroxylation is 1. The number of rotatable bonds is 8. The van der Waals surface area contributed by atoms with Gasteiger partial charge in [-0.15, -0.1) is 10.2 Å². The van der Waals surface area contributed by atoms with E-state index < -0.39 is 0 Å². The highest BCUT2D eigenvalue weighted by molar-refractivity contribution is 7.99. The molecule has 0 aliphatic carbocycles. The van der Waals surface area contributed by atoms with Gasteiger partial charge in [-0.25, -0.2) is 0 Å². The van der Waals surface area contributed by atoms with E-state index >= 15 is 0 Å². The van der Waals surface area contributed by atoms with Gasteiger partial charge in [0.2, 0.25) is 5.91 Å². The number of ether oxygens (including phenoxy) is 1. The third-order valence-electron chi connectivity index (χ3n) is 5.24. The van der Waals surface area contributed by atoms with Crippen molar-refractivity contribution in [1.82, 2.24) is 14.8 Å². The molecule has 4 aromatic rings. The monoisotopic (exact) mass is 446 g/mol. The van der Waals surface area contributed by atoms with E-state index in [-0.39, 0.29) is 17.8 Å². The Labute approximate surface area is 192 Å². The van der Waals surface area contributed by atoms with Gasteiger partial charge < -0.3 is 14.6 Å². The van der Waals surface area contributed by atoms with Gasteiger partial charge in [0, 0.05) is 12.7 Å². The summed E-state index contributed by atoms with van der Waals surface area (Å²) in [6, 6.07) is 22.0. The van der Waals surface area contributed by atoms with E-state index in [2.05, 4.69) is 34.6 Å². The van der Waals surface area contributed by atoms with Crippen molar-refractivity contribution < 1.29 is 9.53 Å². The van der Waals surface area contributed by atoms with E-state index in [0.29, 0.717) is 11.0 Å². The Kier molecular flexibility index (Phi) is 6.75. The fourth-order valence-electron chi connectivity index (χ4n) is 3.46. The minimum atomic E-state index is -0.263.